The minimum absolute atomic E-state index is 0.0295. The molecule has 0 bridgehead atoms. The van der Waals surface area contributed by atoms with Crippen LogP contribution >= 0.6 is 0 Å². The van der Waals surface area contributed by atoms with Gasteiger partial charge in [-0.25, -0.2) is 4.39 Å². The summed E-state index contributed by atoms with van der Waals surface area (Å²) >= 11 is 0. The van der Waals surface area contributed by atoms with Crippen LogP contribution in [0.5, 0.6) is 0 Å². The van der Waals surface area contributed by atoms with E-state index < -0.39 is 5.82 Å². The van der Waals surface area contributed by atoms with Crippen molar-refractivity contribution in [2.45, 2.75) is 12.8 Å². The molecule has 1 amide bonds. The van der Waals surface area contributed by atoms with E-state index in [1.165, 1.54) is 12.1 Å². The minimum Gasteiger partial charge on any atom is -0.396 e. The largest absolute Gasteiger partial charge is 0.396 e. The lowest BCUT2D eigenvalue weighted by Crippen LogP contribution is -2.33. The molecule has 0 saturated heterocycles. The molecular weight excluding hydrogens is 235 g/mol. The number of aliphatic hydroxyl groups is 1. The van der Waals surface area contributed by atoms with Crippen molar-refractivity contribution in [3.63, 3.8) is 0 Å². The lowest BCUT2D eigenvalue weighted by atomic mass is 10.1. The summed E-state index contributed by atoms with van der Waals surface area (Å²) in [6, 6.07) is 6.05. The molecule has 1 aromatic carbocycles. The first-order valence-electron chi connectivity index (χ1n) is 6.01. The number of carbonyl (C=O) groups excluding carboxylic acids is 1. The van der Waals surface area contributed by atoms with E-state index in [0.717, 1.165) is 12.8 Å². The molecule has 1 aliphatic carbocycles. The molecule has 5 heteroatoms. The Morgan fingerprint density at radius 2 is 2.11 bits per heavy atom. The Morgan fingerprint density at radius 1 is 1.39 bits per heavy atom. The van der Waals surface area contributed by atoms with Gasteiger partial charge in [-0.2, -0.15) is 0 Å². The minimum atomic E-state index is -0.445. The molecule has 4 nitrogen and oxygen atoms in total. The molecule has 0 unspecified atom stereocenters. The molecule has 0 atom stereocenters. The SMILES string of the molecule is O=C(CNCC1(CO)CC1)Nc1ccccc1F. The summed E-state index contributed by atoms with van der Waals surface area (Å²) in [6.45, 7) is 0.888. The van der Waals surface area contributed by atoms with Gasteiger partial charge in [-0.1, -0.05) is 12.1 Å². The normalized spacial score (nSPS) is 16.3. The Kier molecular flexibility index (Phi) is 3.93. The van der Waals surface area contributed by atoms with Gasteiger partial charge < -0.3 is 15.7 Å². The van der Waals surface area contributed by atoms with Crippen LogP contribution in [0.15, 0.2) is 24.3 Å². The molecule has 2 rings (SSSR count). The Bertz CT molecular complexity index is 433. The zero-order chi connectivity index (χ0) is 13.0. The maximum atomic E-state index is 13.3. The molecule has 0 aromatic heterocycles. The molecular formula is C13H17FN2O2. The Hall–Kier alpha value is -1.46. The molecule has 1 fully saturated rings. The van der Waals surface area contributed by atoms with Crippen molar-refractivity contribution in [1.82, 2.24) is 5.32 Å². The summed E-state index contributed by atoms with van der Waals surface area (Å²) in [5, 5.41) is 14.6. The van der Waals surface area contributed by atoms with Crippen LogP contribution in [-0.2, 0) is 4.79 Å². The van der Waals surface area contributed by atoms with Gasteiger partial charge in [0.1, 0.15) is 5.82 Å². The third-order valence-corrected chi connectivity index (χ3v) is 3.23. The van der Waals surface area contributed by atoms with Crippen molar-refractivity contribution >= 4 is 11.6 Å². The summed E-state index contributed by atoms with van der Waals surface area (Å²) in [5.41, 5.74) is 0.158. The summed E-state index contributed by atoms with van der Waals surface area (Å²) in [5.74, 6) is -0.728. The van der Waals surface area contributed by atoms with E-state index in [-0.39, 0.29) is 30.2 Å². The Balaban J connectivity index is 1.74. The van der Waals surface area contributed by atoms with E-state index >= 15 is 0 Å². The molecule has 98 valence electrons. The number of anilines is 1. The van der Waals surface area contributed by atoms with E-state index in [1.807, 2.05) is 0 Å². The number of carbonyl (C=O) groups is 1. The predicted molar refractivity (Wildman–Crippen MR) is 66.7 cm³/mol. The van der Waals surface area contributed by atoms with E-state index in [2.05, 4.69) is 10.6 Å². The fraction of sp³-hybridized carbons (Fsp3) is 0.462. The quantitative estimate of drug-likeness (QED) is 0.711. The number of halogens is 1. The van der Waals surface area contributed by atoms with Gasteiger partial charge >= 0.3 is 0 Å². The van der Waals surface area contributed by atoms with Crippen molar-refractivity contribution in [1.29, 1.82) is 0 Å². The fourth-order valence-corrected chi connectivity index (χ4v) is 1.77. The molecule has 0 radical (unpaired) electrons. The number of benzene rings is 1. The van der Waals surface area contributed by atoms with Crippen LogP contribution in [0.2, 0.25) is 0 Å². The first kappa shape index (κ1) is 13.0. The average molecular weight is 252 g/mol. The zero-order valence-electron chi connectivity index (χ0n) is 10.1. The van der Waals surface area contributed by atoms with Crippen molar-refractivity contribution < 1.29 is 14.3 Å². The number of aliphatic hydroxyl groups excluding tert-OH is 1. The van der Waals surface area contributed by atoms with Gasteiger partial charge in [0.2, 0.25) is 5.91 Å². The number of nitrogens with one attached hydrogen (secondary N) is 2. The van der Waals surface area contributed by atoms with Crippen LogP contribution in [-0.4, -0.2) is 30.7 Å². The van der Waals surface area contributed by atoms with Crippen LogP contribution in [0, 0.1) is 11.2 Å². The first-order chi connectivity index (χ1) is 8.65. The Labute approximate surface area is 105 Å². The van der Waals surface area contributed by atoms with E-state index in [9.17, 15) is 9.18 Å². The fourth-order valence-electron chi connectivity index (χ4n) is 1.77. The number of rotatable bonds is 6. The van der Waals surface area contributed by atoms with Crippen molar-refractivity contribution in [3.05, 3.63) is 30.1 Å². The van der Waals surface area contributed by atoms with Crippen LogP contribution in [0.25, 0.3) is 0 Å². The third kappa shape index (κ3) is 3.27. The smallest absolute Gasteiger partial charge is 0.238 e. The van der Waals surface area contributed by atoms with Gasteiger partial charge in [0, 0.05) is 18.6 Å². The van der Waals surface area contributed by atoms with Gasteiger partial charge in [0.05, 0.1) is 12.2 Å². The molecule has 0 heterocycles. The topological polar surface area (TPSA) is 61.4 Å². The lowest BCUT2D eigenvalue weighted by molar-refractivity contribution is -0.115. The molecule has 3 N–H and O–H groups in total. The number of amides is 1. The van der Waals surface area contributed by atoms with Gasteiger partial charge in [-0.05, 0) is 25.0 Å². The molecule has 1 saturated carbocycles. The summed E-state index contributed by atoms with van der Waals surface area (Å²) in [7, 11) is 0. The second kappa shape index (κ2) is 5.46. The molecule has 0 spiro atoms. The monoisotopic (exact) mass is 252 g/mol. The Morgan fingerprint density at radius 3 is 2.72 bits per heavy atom. The van der Waals surface area contributed by atoms with Gasteiger partial charge in [-0.3, -0.25) is 4.79 Å². The lowest BCUT2D eigenvalue weighted by Gasteiger charge is -2.12. The van der Waals surface area contributed by atoms with Gasteiger partial charge in [0.15, 0.2) is 0 Å². The number of hydrogen-bond acceptors (Lipinski definition) is 3. The maximum Gasteiger partial charge on any atom is 0.238 e. The highest BCUT2D eigenvalue weighted by Gasteiger charge is 2.41. The van der Waals surface area contributed by atoms with Gasteiger partial charge in [-0.15, -0.1) is 0 Å². The second-order valence-corrected chi connectivity index (χ2v) is 4.79. The van der Waals surface area contributed by atoms with Crippen molar-refractivity contribution in [2.75, 3.05) is 25.0 Å². The third-order valence-electron chi connectivity index (χ3n) is 3.23. The first-order valence-corrected chi connectivity index (χ1v) is 6.01. The van der Waals surface area contributed by atoms with Crippen molar-refractivity contribution in [3.8, 4) is 0 Å². The summed E-state index contributed by atoms with van der Waals surface area (Å²) in [4.78, 5) is 11.6. The van der Waals surface area contributed by atoms with E-state index in [1.54, 1.807) is 12.1 Å². The summed E-state index contributed by atoms with van der Waals surface area (Å²) in [6.07, 6.45) is 1.98. The standard InChI is InChI=1S/C13H17FN2O2/c14-10-3-1-2-4-11(10)16-12(18)7-15-8-13(9-17)5-6-13/h1-4,15,17H,5-9H2,(H,16,18). The molecule has 0 aliphatic heterocycles. The van der Waals surface area contributed by atoms with E-state index in [4.69, 9.17) is 5.11 Å². The molecule has 1 aliphatic rings. The highest BCUT2D eigenvalue weighted by atomic mass is 19.1. The maximum absolute atomic E-state index is 13.3. The zero-order valence-corrected chi connectivity index (χ0v) is 10.1. The number of hydrogen-bond donors (Lipinski definition) is 3. The summed E-state index contributed by atoms with van der Waals surface area (Å²) < 4.78 is 13.3. The predicted octanol–water partition coefficient (Wildman–Crippen LogP) is 1.13. The van der Waals surface area contributed by atoms with Gasteiger partial charge in [0.25, 0.3) is 0 Å². The highest BCUT2D eigenvalue weighted by molar-refractivity contribution is 5.92. The van der Waals surface area contributed by atoms with Crippen LogP contribution < -0.4 is 10.6 Å². The second-order valence-electron chi connectivity index (χ2n) is 4.79. The van der Waals surface area contributed by atoms with Crippen molar-refractivity contribution in [2.24, 2.45) is 5.41 Å². The molecule has 1 aromatic rings. The van der Waals surface area contributed by atoms with Crippen LogP contribution in [0.3, 0.4) is 0 Å². The number of para-hydroxylation sites is 1. The average Bonchev–Trinajstić information content (AvgIpc) is 3.13. The van der Waals surface area contributed by atoms with Crippen LogP contribution in [0.4, 0.5) is 10.1 Å². The highest BCUT2D eigenvalue weighted by Crippen LogP contribution is 2.44. The van der Waals surface area contributed by atoms with Crippen LogP contribution in [0.1, 0.15) is 12.8 Å². The van der Waals surface area contributed by atoms with E-state index in [0.29, 0.717) is 6.54 Å². The molecule has 18 heavy (non-hydrogen) atoms.